The van der Waals surface area contributed by atoms with Crippen LogP contribution in [0.25, 0.3) is 0 Å². The van der Waals surface area contributed by atoms with Crippen molar-refractivity contribution in [3.05, 3.63) is 29.8 Å². The summed E-state index contributed by atoms with van der Waals surface area (Å²) in [5.74, 6) is -3.24. The van der Waals surface area contributed by atoms with Gasteiger partial charge in [-0.2, -0.15) is 0 Å². The Morgan fingerprint density at radius 1 is 0.868 bits per heavy atom. The first-order valence-corrected chi connectivity index (χ1v) is 12.4. The number of carbonyl (C=O) groups excluding carboxylic acids is 3. The lowest BCUT2D eigenvalue weighted by molar-refractivity contribution is -0.142. The van der Waals surface area contributed by atoms with Crippen LogP contribution in [-0.2, 0) is 25.6 Å². The first-order valence-electron chi connectivity index (χ1n) is 12.4. The minimum absolute atomic E-state index is 0.0392. The molecule has 1 aromatic rings. The second-order valence-electron chi connectivity index (χ2n) is 8.91. The topological polar surface area (TPSA) is 261 Å². The van der Waals surface area contributed by atoms with Gasteiger partial charge in [-0.25, -0.2) is 4.79 Å². The number of guanidine groups is 1. The summed E-state index contributed by atoms with van der Waals surface area (Å²) in [6.45, 7) is 2.03. The molecule has 1 rings (SSSR count). The van der Waals surface area contributed by atoms with E-state index in [9.17, 15) is 29.4 Å². The molecule has 14 nitrogen and oxygen atoms in total. The average Bonchev–Trinajstić information content (AvgIpc) is 2.85. The zero-order valence-electron chi connectivity index (χ0n) is 21.6. The summed E-state index contributed by atoms with van der Waals surface area (Å²) >= 11 is 0. The quantitative estimate of drug-likeness (QED) is 0.0600. The third kappa shape index (κ3) is 12.4. The fourth-order valence-corrected chi connectivity index (χ4v) is 3.45. The van der Waals surface area contributed by atoms with Gasteiger partial charge in [0, 0.05) is 13.0 Å². The Bertz CT molecular complexity index is 950. The molecule has 0 spiro atoms. The van der Waals surface area contributed by atoms with Gasteiger partial charge < -0.3 is 49.1 Å². The van der Waals surface area contributed by atoms with Gasteiger partial charge in [0.2, 0.25) is 17.7 Å². The molecule has 0 aliphatic carbocycles. The molecule has 0 aliphatic rings. The maximum Gasteiger partial charge on any atom is 0.326 e. The molecule has 4 unspecified atom stereocenters. The highest BCUT2D eigenvalue weighted by molar-refractivity contribution is 5.94. The number of nitrogens with one attached hydrogen (secondary N) is 3. The lowest BCUT2D eigenvalue weighted by Gasteiger charge is -2.25. The lowest BCUT2D eigenvalue weighted by atomic mass is 10.0. The molecule has 0 aromatic heterocycles. The number of carboxylic acids is 1. The molecule has 0 fully saturated rings. The molecular weight excluding hydrogens is 496 g/mol. The van der Waals surface area contributed by atoms with Crippen LogP contribution in [0.3, 0.4) is 0 Å². The highest BCUT2D eigenvalue weighted by atomic mass is 16.4. The zero-order valence-corrected chi connectivity index (χ0v) is 21.6. The van der Waals surface area contributed by atoms with Gasteiger partial charge in [-0.05, 0) is 63.3 Å². The van der Waals surface area contributed by atoms with Gasteiger partial charge in [-0.1, -0.05) is 12.1 Å². The summed E-state index contributed by atoms with van der Waals surface area (Å²) in [7, 11) is 0. The van der Waals surface area contributed by atoms with Gasteiger partial charge in [0.05, 0.1) is 6.04 Å². The second-order valence-corrected chi connectivity index (χ2v) is 8.91. The Labute approximate surface area is 221 Å². The van der Waals surface area contributed by atoms with E-state index < -0.39 is 47.9 Å². The van der Waals surface area contributed by atoms with Gasteiger partial charge in [0.25, 0.3) is 0 Å². The van der Waals surface area contributed by atoms with Gasteiger partial charge in [0.1, 0.15) is 23.9 Å². The number of hydrogen-bond acceptors (Lipinski definition) is 8. The monoisotopic (exact) mass is 536 g/mol. The molecule has 0 radical (unpaired) electrons. The van der Waals surface area contributed by atoms with E-state index in [2.05, 4.69) is 20.9 Å². The van der Waals surface area contributed by atoms with Gasteiger partial charge in [0.15, 0.2) is 5.96 Å². The summed E-state index contributed by atoms with van der Waals surface area (Å²) < 4.78 is 0. The van der Waals surface area contributed by atoms with Crippen LogP contribution in [0.4, 0.5) is 0 Å². The molecule has 0 heterocycles. The fourth-order valence-electron chi connectivity index (χ4n) is 3.45. The molecule has 0 aliphatic heterocycles. The first-order chi connectivity index (χ1) is 17.9. The van der Waals surface area contributed by atoms with Crippen molar-refractivity contribution in [1.29, 1.82) is 0 Å². The van der Waals surface area contributed by atoms with Crippen molar-refractivity contribution < 1.29 is 29.4 Å². The van der Waals surface area contributed by atoms with E-state index in [1.54, 1.807) is 12.1 Å². The Morgan fingerprint density at radius 2 is 1.42 bits per heavy atom. The molecule has 3 amide bonds. The number of unbranched alkanes of at least 4 members (excludes halogenated alkanes) is 1. The summed E-state index contributed by atoms with van der Waals surface area (Å²) in [5.41, 5.74) is 22.4. The van der Waals surface area contributed by atoms with Crippen LogP contribution in [0.1, 0.15) is 44.6 Å². The van der Waals surface area contributed by atoms with Crippen molar-refractivity contribution in [3.63, 3.8) is 0 Å². The maximum absolute atomic E-state index is 13.2. The molecule has 1 aromatic carbocycles. The van der Waals surface area contributed by atoms with Gasteiger partial charge in [-0.3, -0.25) is 19.4 Å². The second kappa shape index (κ2) is 16.8. The summed E-state index contributed by atoms with van der Waals surface area (Å²) in [5, 5.41) is 26.7. The van der Waals surface area contributed by atoms with Crippen molar-refractivity contribution in [2.24, 2.45) is 27.9 Å². The number of benzene rings is 1. The van der Waals surface area contributed by atoms with E-state index in [4.69, 9.17) is 22.9 Å². The summed E-state index contributed by atoms with van der Waals surface area (Å²) in [6.07, 6.45) is 1.70. The Hall–Kier alpha value is -3.91. The van der Waals surface area contributed by atoms with Crippen LogP contribution >= 0.6 is 0 Å². The van der Waals surface area contributed by atoms with Gasteiger partial charge in [-0.15, -0.1) is 0 Å². The highest BCUT2D eigenvalue weighted by Crippen LogP contribution is 2.12. The van der Waals surface area contributed by atoms with Crippen LogP contribution in [-0.4, -0.2) is 77.1 Å². The number of hydrogen-bond donors (Lipinski definition) is 9. The number of phenols is 1. The van der Waals surface area contributed by atoms with Crippen LogP contribution in [0.15, 0.2) is 29.3 Å². The molecule has 0 bridgehead atoms. The largest absolute Gasteiger partial charge is 0.508 e. The predicted octanol–water partition coefficient (Wildman–Crippen LogP) is -2.00. The van der Waals surface area contributed by atoms with Gasteiger partial charge >= 0.3 is 5.97 Å². The number of nitrogens with two attached hydrogens (primary N) is 4. The molecule has 0 saturated carbocycles. The Morgan fingerprint density at radius 3 is 1.97 bits per heavy atom. The van der Waals surface area contributed by atoms with E-state index >= 15 is 0 Å². The smallest absolute Gasteiger partial charge is 0.326 e. The molecule has 212 valence electrons. The molecule has 0 saturated heterocycles. The Balaban J connectivity index is 3.03. The fraction of sp³-hybridized carbons (Fsp3) is 0.542. The number of rotatable bonds is 17. The average molecular weight is 537 g/mol. The standard InChI is InChI=1S/C24H40N8O6/c1-14(26)20(34)32-19(13-15-7-9-16(33)10-8-15)22(36)30-17(5-2-3-11-25)21(35)31-18(23(37)38)6-4-12-29-24(27)28/h7-10,14,17-19,33H,2-6,11-13,25-26H2,1H3,(H,30,36)(H,31,35)(H,32,34)(H,37,38)(H4,27,28,29). The predicted molar refractivity (Wildman–Crippen MR) is 142 cm³/mol. The van der Waals surface area contributed by atoms with Crippen molar-refractivity contribution in [2.45, 2.75) is 69.6 Å². The van der Waals surface area contributed by atoms with Crippen LogP contribution in [0, 0.1) is 0 Å². The lowest BCUT2D eigenvalue weighted by Crippen LogP contribution is -2.57. The Kier molecular flexibility index (Phi) is 14.2. The van der Waals surface area contributed by atoms with Crippen molar-refractivity contribution >= 4 is 29.7 Å². The molecule has 13 N–H and O–H groups in total. The SMILES string of the molecule is CC(N)C(=O)NC(Cc1ccc(O)cc1)C(=O)NC(CCCCN)C(=O)NC(CCCN=C(N)N)C(=O)O. The van der Waals surface area contributed by atoms with Crippen molar-refractivity contribution in [3.8, 4) is 5.75 Å². The number of carbonyl (C=O) groups is 4. The van der Waals surface area contributed by atoms with E-state index in [1.807, 2.05) is 0 Å². The zero-order chi connectivity index (χ0) is 28.7. The van der Waals surface area contributed by atoms with E-state index in [0.717, 1.165) is 0 Å². The van der Waals surface area contributed by atoms with E-state index in [1.165, 1.54) is 19.1 Å². The number of phenolic OH excluding ortho intramolecular Hbond substituents is 1. The molecule has 4 atom stereocenters. The third-order valence-corrected chi connectivity index (χ3v) is 5.56. The number of carboxylic acid groups (broad SMARTS) is 1. The number of amides is 3. The number of nitrogens with zero attached hydrogens (tertiary/aromatic N) is 1. The minimum Gasteiger partial charge on any atom is -0.508 e. The molecular formula is C24H40N8O6. The summed E-state index contributed by atoms with van der Waals surface area (Å²) in [6, 6.07) is 1.80. The third-order valence-electron chi connectivity index (χ3n) is 5.56. The number of aliphatic carboxylic acids is 1. The van der Waals surface area contributed by atoms with Crippen LogP contribution in [0.2, 0.25) is 0 Å². The van der Waals surface area contributed by atoms with E-state index in [-0.39, 0.29) is 37.5 Å². The first kappa shape index (κ1) is 32.1. The minimum atomic E-state index is -1.25. The highest BCUT2D eigenvalue weighted by Gasteiger charge is 2.29. The van der Waals surface area contributed by atoms with Crippen molar-refractivity contribution in [2.75, 3.05) is 13.1 Å². The molecule has 14 heteroatoms. The maximum atomic E-state index is 13.2. The number of aromatic hydroxyl groups is 1. The summed E-state index contributed by atoms with van der Waals surface area (Å²) in [4.78, 5) is 54.1. The number of aliphatic imine (C=N–C) groups is 1. The van der Waals surface area contributed by atoms with Crippen molar-refractivity contribution in [1.82, 2.24) is 16.0 Å². The van der Waals surface area contributed by atoms with E-state index in [0.29, 0.717) is 31.4 Å². The van der Waals surface area contributed by atoms with Crippen LogP contribution in [0.5, 0.6) is 5.75 Å². The normalized spacial score (nSPS) is 13.9. The van der Waals surface area contributed by atoms with Crippen LogP contribution < -0.4 is 38.9 Å². The molecule has 38 heavy (non-hydrogen) atoms.